The van der Waals surface area contributed by atoms with Crippen LogP contribution in [0.4, 0.5) is 4.39 Å². The smallest absolute Gasteiger partial charge is 0.123 e. The highest BCUT2D eigenvalue weighted by atomic mass is 35.5. The number of aliphatic hydroxyl groups excluding tert-OH is 2. The topological polar surface area (TPSA) is 52.9 Å². The van der Waals surface area contributed by atoms with Crippen LogP contribution >= 0.6 is 11.6 Å². The second-order valence-electron chi connectivity index (χ2n) is 6.37. The van der Waals surface area contributed by atoms with Crippen molar-refractivity contribution in [3.8, 4) is 0 Å². The lowest BCUT2D eigenvalue weighted by molar-refractivity contribution is -0.0843. The number of nitrogens with zero attached hydrogens (tertiary/aromatic N) is 1. The van der Waals surface area contributed by atoms with Gasteiger partial charge in [0.15, 0.2) is 0 Å². The number of hydrogen-bond acceptors (Lipinski definition) is 4. The minimum absolute atomic E-state index is 0.0781. The van der Waals surface area contributed by atoms with Crippen LogP contribution in [0.1, 0.15) is 24.8 Å². The van der Waals surface area contributed by atoms with Gasteiger partial charge in [0.25, 0.3) is 0 Å². The lowest BCUT2D eigenvalue weighted by Crippen LogP contribution is -2.53. The molecule has 0 spiro atoms. The molecule has 1 heterocycles. The zero-order valence-electron chi connectivity index (χ0n) is 13.5. The van der Waals surface area contributed by atoms with Gasteiger partial charge in [-0.1, -0.05) is 11.6 Å². The molecule has 1 aliphatic heterocycles. The molecule has 2 N–H and O–H groups in total. The third-order valence-corrected chi connectivity index (χ3v) is 5.07. The van der Waals surface area contributed by atoms with Gasteiger partial charge < -0.3 is 14.9 Å². The standard InChI is InChI=1S/C17H25ClFNO3/c1-23-8-2-6-17(12-21)11-20(7-5-16(17)22)10-13-9-14(19)3-4-15(13)18/h3-4,9,16,21-22H,2,5-8,10-12H2,1H3/t16-,17+/m1/s1. The Morgan fingerprint density at radius 3 is 2.96 bits per heavy atom. The molecule has 130 valence electrons. The zero-order valence-corrected chi connectivity index (χ0v) is 14.2. The quantitative estimate of drug-likeness (QED) is 0.745. The average molecular weight is 346 g/mol. The third-order valence-electron chi connectivity index (χ3n) is 4.70. The predicted octanol–water partition coefficient (Wildman–Crippen LogP) is 2.45. The molecular weight excluding hydrogens is 321 g/mol. The minimum Gasteiger partial charge on any atom is -0.396 e. The van der Waals surface area contributed by atoms with Gasteiger partial charge in [0.1, 0.15) is 5.82 Å². The van der Waals surface area contributed by atoms with Crippen LogP contribution in [0, 0.1) is 11.2 Å². The number of piperidine rings is 1. The van der Waals surface area contributed by atoms with E-state index in [1.54, 1.807) is 13.2 Å². The molecule has 0 aromatic heterocycles. The Hall–Kier alpha value is -0.720. The molecule has 0 unspecified atom stereocenters. The summed E-state index contributed by atoms with van der Waals surface area (Å²) in [5.41, 5.74) is 0.170. The van der Waals surface area contributed by atoms with E-state index in [0.29, 0.717) is 44.1 Å². The van der Waals surface area contributed by atoms with Gasteiger partial charge >= 0.3 is 0 Å². The summed E-state index contributed by atoms with van der Waals surface area (Å²) in [5.74, 6) is -0.310. The second-order valence-corrected chi connectivity index (χ2v) is 6.77. The van der Waals surface area contributed by atoms with Gasteiger partial charge in [0, 0.05) is 43.8 Å². The van der Waals surface area contributed by atoms with Crippen LogP contribution in [0.2, 0.25) is 5.02 Å². The van der Waals surface area contributed by atoms with Gasteiger partial charge in [0.05, 0.1) is 12.7 Å². The molecular formula is C17H25ClFNO3. The molecule has 1 aromatic rings. The number of likely N-dealkylation sites (tertiary alicyclic amines) is 1. The number of ether oxygens (including phenoxy) is 1. The van der Waals surface area contributed by atoms with E-state index in [1.807, 2.05) is 0 Å². The van der Waals surface area contributed by atoms with Gasteiger partial charge in [-0.15, -0.1) is 0 Å². The number of halogens is 2. The Labute approximate surface area is 141 Å². The van der Waals surface area contributed by atoms with Crippen molar-refractivity contribution >= 4 is 11.6 Å². The fraction of sp³-hybridized carbons (Fsp3) is 0.647. The van der Waals surface area contributed by atoms with E-state index < -0.39 is 11.5 Å². The summed E-state index contributed by atoms with van der Waals surface area (Å²) in [7, 11) is 1.64. The Morgan fingerprint density at radius 1 is 1.48 bits per heavy atom. The molecule has 0 amide bonds. The molecule has 6 heteroatoms. The van der Waals surface area contributed by atoms with Crippen molar-refractivity contribution in [2.75, 3.05) is 33.4 Å². The minimum atomic E-state index is -0.559. The first kappa shape index (κ1) is 18.6. The van der Waals surface area contributed by atoms with E-state index >= 15 is 0 Å². The Balaban J connectivity index is 2.07. The predicted molar refractivity (Wildman–Crippen MR) is 87.9 cm³/mol. The summed E-state index contributed by atoms with van der Waals surface area (Å²) in [6.07, 6.45) is 1.51. The van der Waals surface area contributed by atoms with Gasteiger partial charge in [-0.05, 0) is 43.0 Å². The number of benzene rings is 1. The van der Waals surface area contributed by atoms with Crippen LogP contribution in [-0.4, -0.2) is 54.6 Å². The third kappa shape index (κ3) is 4.64. The Bertz CT molecular complexity index is 517. The van der Waals surface area contributed by atoms with E-state index in [0.717, 1.165) is 12.0 Å². The molecule has 2 rings (SSSR count). The summed E-state index contributed by atoms with van der Waals surface area (Å²) in [6.45, 7) is 2.28. The monoisotopic (exact) mass is 345 g/mol. The second kappa shape index (κ2) is 8.40. The van der Waals surface area contributed by atoms with E-state index in [4.69, 9.17) is 16.3 Å². The summed E-state index contributed by atoms with van der Waals surface area (Å²) >= 11 is 6.14. The number of rotatable bonds is 7. The molecule has 1 aliphatic rings. The van der Waals surface area contributed by atoms with Crippen molar-refractivity contribution in [3.63, 3.8) is 0 Å². The number of hydrogen-bond donors (Lipinski definition) is 2. The van der Waals surface area contributed by atoms with Gasteiger partial charge in [-0.3, -0.25) is 4.90 Å². The van der Waals surface area contributed by atoms with Crippen molar-refractivity contribution in [2.45, 2.75) is 31.9 Å². The van der Waals surface area contributed by atoms with Crippen molar-refractivity contribution in [1.82, 2.24) is 4.90 Å². The average Bonchev–Trinajstić information content (AvgIpc) is 2.54. The summed E-state index contributed by atoms with van der Waals surface area (Å²) in [6, 6.07) is 4.34. The van der Waals surface area contributed by atoms with Crippen molar-refractivity contribution < 1.29 is 19.3 Å². The van der Waals surface area contributed by atoms with Crippen molar-refractivity contribution in [2.24, 2.45) is 5.41 Å². The molecule has 0 bridgehead atoms. The highest BCUT2D eigenvalue weighted by Gasteiger charge is 2.41. The maximum atomic E-state index is 13.4. The van der Waals surface area contributed by atoms with E-state index in [1.165, 1.54) is 12.1 Å². The summed E-state index contributed by atoms with van der Waals surface area (Å²) in [5, 5.41) is 20.8. The lowest BCUT2D eigenvalue weighted by atomic mass is 9.74. The largest absolute Gasteiger partial charge is 0.396 e. The molecule has 0 aliphatic carbocycles. The van der Waals surface area contributed by atoms with Gasteiger partial charge in [-0.2, -0.15) is 0 Å². The lowest BCUT2D eigenvalue weighted by Gasteiger charge is -2.45. The van der Waals surface area contributed by atoms with Gasteiger partial charge in [-0.25, -0.2) is 4.39 Å². The van der Waals surface area contributed by atoms with Crippen LogP contribution in [0.5, 0.6) is 0 Å². The molecule has 1 saturated heterocycles. The highest BCUT2D eigenvalue weighted by molar-refractivity contribution is 6.31. The molecule has 4 nitrogen and oxygen atoms in total. The first-order chi connectivity index (χ1) is 11.0. The van der Waals surface area contributed by atoms with Crippen LogP contribution in [0.15, 0.2) is 18.2 Å². The fourth-order valence-corrected chi connectivity index (χ4v) is 3.51. The molecule has 23 heavy (non-hydrogen) atoms. The SMILES string of the molecule is COCCC[C@@]1(CO)CN(Cc2cc(F)ccc2Cl)CC[C@H]1O. The maximum absolute atomic E-state index is 13.4. The summed E-state index contributed by atoms with van der Waals surface area (Å²) < 4.78 is 18.5. The highest BCUT2D eigenvalue weighted by Crippen LogP contribution is 2.35. The molecule has 0 saturated carbocycles. The van der Waals surface area contributed by atoms with Crippen LogP contribution in [0.25, 0.3) is 0 Å². The van der Waals surface area contributed by atoms with Crippen molar-refractivity contribution in [1.29, 1.82) is 0 Å². The normalized spacial score (nSPS) is 25.7. The summed E-state index contributed by atoms with van der Waals surface area (Å²) in [4.78, 5) is 2.12. The first-order valence-corrected chi connectivity index (χ1v) is 8.33. The molecule has 2 atom stereocenters. The Morgan fingerprint density at radius 2 is 2.26 bits per heavy atom. The number of aliphatic hydroxyl groups is 2. The maximum Gasteiger partial charge on any atom is 0.123 e. The van der Waals surface area contributed by atoms with Gasteiger partial charge in [0.2, 0.25) is 0 Å². The van der Waals surface area contributed by atoms with Crippen LogP contribution < -0.4 is 0 Å². The van der Waals surface area contributed by atoms with Crippen LogP contribution in [0.3, 0.4) is 0 Å². The van der Waals surface area contributed by atoms with Crippen LogP contribution in [-0.2, 0) is 11.3 Å². The molecule has 1 aromatic carbocycles. The zero-order chi connectivity index (χ0) is 16.9. The van der Waals surface area contributed by atoms with E-state index in [2.05, 4.69) is 4.90 Å². The number of methoxy groups -OCH3 is 1. The van der Waals surface area contributed by atoms with E-state index in [9.17, 15) is 14.6 Å². The fourth-order valence-electron chi connectivity index (χ4n) is 3.33. The molecule has 1 fully saturated rings. The van der Waals surface area contributed by atoms with E-state index in [-0.39, 0.29) is 12.4 Å². The first-order valence-electron chi connectivity index (χ1n) is 7.95. The van der Waals surface area contributed by atoms with Crippen molar-refractivity contribution in [3.05, 3.63) is 34.6 Å². The Kier molecular flexibility index (Phi) is 6.80. The molecule has 0 radical (unpaired) electrons.